The number of hydrogen-bond acceptors (Lipinski definition) is 3. The fourth-order valence-corrected chi connectivity index (χ4v) is 3.36. The van der Waals surface area contributed by atoms with Crippen LogP contribution in [0.1, 0.15) is 39.0 Å². The average molecular weight is 308 g/mol. The Morgan fingerprint density at radius 3 is 2.57 bits per heavy atom. The molecular weight excluding hydrogens is 285 g/mol. The number of aliphatic hydroxyl groups excluding tert-OH is 1. The van der Waals surface area contributed by atoms with Crippen molar-refractivity contribution in [2.75, 3.05) is 19.6 Å². The van der Waals surface area contributed by atoms with Gasteiger partial charge in [-0.3, -0.25) is 9.69 Å². The Kier molecular flexibility index (Phi) is 5.14. The maximum atomic E-state index is 12.7. The SMILES string of the molecule is CC1CCCCN1C(=O)CN1CCCC1C(O)C(F)(F)F. The lowest BCUT2D eigenvalue weighted by Gasteiger charge is -2.36. The number of alkyl halides is 3. The second kappa shape index (κ2) is 6.52. The summed E-state index contributed by atoms with van der Waals surface area (Å²) in [4.78, 5) is 15.6. The van der Waals surface area contributed by atoms with Gasteiger partial charge in [-0.05, 0) is 45.6 Å². The Balaban J connectivity index is 1.96. The van der Waals surface area contributed by atoms with Crippen LogP contribution >= 0.6 is 0 Å². The molecule has 1 N–H and O–H groups in total. The summed E-state index contributed by atoms with van der Waals surface area (Å²) in [7, 11) is 0. The zero-order chi connectivity index (χ0) is 15.6. The molecule has 0 bridgehead atoms. The van der Waals surface area contributed by atoms with Crippen LogP contribution in [0.3, 0.4) is 0 Å². The van der Waals surface area contributed by atoms with Gasteiger partial charge in [-0.2, -0.15) is 13.2 Å². The molecule has 3 atom stereocenters. The van der Waals surface area contributed by atoms with E-state index in [1.807, 2.05) is 6.92 Å². The molecule has 4 nitrogen and oxygen atoms in total. The van der Waals surface area contributed by atoms with Gasteiger partial charge in [0.05, 0.1) is 6.54 Å². The minimum atomic E-state index is -4.63. The maximum absolute atomic E-state index is 12.7. The fourth-order valence-electron chi connectivity index (χ4n) is 3.36. The first-order chi connectivity index (χ1) is 9.80. The van der Waals surface area contributed by atoms with E-state index in [0.29, 0.717) is 19.5 Å². The van der Waals surface area contributed by atoms with E-state index < -0.39 is 18.3 Å². The van der Waals surface area contributed by atoms with Crippen molar-refractivity contribution in [3.05, 3.63) is 0 Å². The number of likely N-dealkylation sites (tertiary alicyclic amines) is 2. The van der Waals surface area contributed by atoms with Crippen LogP contribution < -0.4 is 0 Å². The molecule has 0 spiro atoms. The van der Waals surface area contributed by atoms with Crippen LogP contribution in [0.25, 0.3) is 0 Å². The van der Waals surface area contributed by atoms with Crippen molar-refractivity contribution in [2.24, 2.45) is 0 Å². The third-order valence-corrected chi connectivity index (χ3v) is 4.58. The predicted octanol–water partition coefficient (Wildman–Crippen LogP) is 1.77. The lowest BCUT2D eigenvalue weighted by atomic mass is 10.0. The first-order valence-corrected chi connectivity index (χ1v) is 7.59. The number of aliphatic hydroxyl groups is 1. The first kappa shape index (κ1) is 16.5. The van der Waals surface area contributed by atoms with Crippen molar-refractivity contribution in [1.29, 1.82) is 0 Å². The predicted molar refractivity (Wildman–Crippen MR) is 71.7 cm³/mol. The molecule has 7 heteroatoms. The van der Waals surface area contributed by atoms with Gasteiger partial charge in [0.1, 0.15) is 0 Å². The number of rotatable bonds is 3. The van der Waals surface area contributed by atoms with E-state index in [4.69, 9.17) is 0 Å². The summed E-state index contributed by atoms with van der Waals surface area (Å²) >= 11 is 0. The third-order valence-electron chi connectivity index (χ3n) is 4.58. The summed E-state index contributed by atoms with van der Waals surface area (Å²) in [5, 5.41) is 9.44. The highest BCUT2D eigenvalue weighted by molar-refractivity contribution is 5.78. The molecule has 2 fully saturated rings. The van der Waals surface area contributed by atoms with E-state index in [9.17, 15) is 23.1 Å². The van der Waals surface area contributed by atoms with Crippen LogP contribution in [0.15, 0.2) is 0 Å². The van der Waals surface area contributed by atoms with E-state index in [1.165, 1.54) is 4.90 Å². The molecule has 1 amide bonds. The zero-order valence-electron chi connectivity index (χ0n) is 12.3. The molecule has 2 saturated heterocycles. The number of carbonyl (C=O) groups is 1. The van der Waals surface area contributed by atoms with E-state index in [2.05, 4.69) is 0 Å². The molecule has 2 rings (SSSR count). The van der Waals surface area contributed by atoms with Crippen molar-refractivity contribution in [1.82, 2.24) is 9.80 Å². The minimum Gasteiger partial charge on any atom is -0.382 e. The van der Waals surface area contributed by atoms with Gasteiger partial charge in [-0.25, -0.2) is 0 Å². The van der Waals surface area contributed by atoms with Crippen molar-refractivity contribution < 1.29 is 23.1 Å². The molecule has 0 aromatic heterocycles. The summed E-state index contributed by atoms with van der Waals surface area (Å²) < 4.78 is 38.0. The number of piperidine rings is 1. The van der Waals surface area contributed by atoms with Gasteiger partial charge in [-0.15, -0.1) is 0 Å². The van der Waals surface area contributed by atoms with Crippen molar-refractivity contribution in [2.45, 2.75) is 63.4 Å². The van der Waals surface area contributed by atoms with Gasteiger partial charge in [0.25, 0.3) is 0 Å². The largest absolute Gasteiger partial charge is 0.415 e. The Labute approximate surface area is 122 Å². The summed E-state index contributed by atoms with van der Waals surface area (Å²) in [6, 6.07) is -0.839. The molecule has 3 unspecified atom stereocenters. The van der Waals surface area contributed by atoms with E-state index in [1.54, 1.807) is 4.90 Å². The second-order valence-electron chi connectivity index (χ2n) is 6.10. The molecule has 0 aliphatic carbocycles. The van der Waals surface area contributed by atoms with Gasteiger partial charge in [-0.1, -0.05) is 0 Å². The Morgan fingerprint density at radius 1 is 1.24 bits per heavy atom. The second-order valence-corrected chi connectivity index (χ2v) is 6.10. The standard InChI is InChI=1S/C14H23F3N2O2/c1-10-5-2-3-8-19(10)12(20)9-18-7-4-6-11(18)13(21)14(15,16)17/h10-11,13,21H,2-9H2,1H3. The van der Waals surface area contributed by atoms with Gasteiger partial charge >= 0.3 is 6.18 Å². The highest BCUT2D eigenvalue weighted by Gasteiger charge is 2.47. The number of hydrogen-bond donors (Lipinski definition) is 1. The Hall–Kier alpha value is -0.820. The quantitative estimate of drug-likeness (QED) is 0.864. The molecule has 2 aliphatic heterocycles. The molecule has 0 radical (unpaired) electrons. The Bertz CT molecular complexity index is 376. The van der Waals surface area contributed by atoms with Crippen LogP contribution in [0, 0.1) is 0 Å². The van der Waals surface area contributed by atoms with E-state index >= 15 is 0 Å². The topological polar surface area (TPSA) is 43.8 Å². The van der Waals surface area contributed by atoms with Gasteiger partial charge in [0, 0.05) is 18.6 Å². The van der Waals surface area contributed by atoms with Crippen molar-refractivity contribution in [3.63, 3.8) is 0 Å². The third kappa shape index (κ3) is 3.88. The molecule has 0 aromatic carbocycles. The number of nitrogens with zero attached hydrogens (tertiary/aromatic N) is 2. The first-order valence-electron chi connectivity index (χ1n) is 7.59. The molecule has 2 aliphatic rings. The molecule has 21 heavy (non-hydrogen) atoms. The number of carbonyl (C=O) groups excluding carboxylic acids is 1. The lowest BCUT2D eigenvalue weighted by Crippen LogP contribution is -2.52. The molecular formula is C14H23F3N2O2. The fraction of sp³-hybridized carbons (Fsp3) is 0.929. The number of amides is 1. The summed E-state index contributed by atoms with van der Waals surface area (Å²) in [5.74, 6) is -0.122. The van der Waals surface area contributed by atoms with E-state index in [0.717, 1.165) is 19.3 Å². The van der Waals surface area contributed by atoms with Crippen LogP contribution in [-0.4, -0.2) is 64.8 Å². The van der Waals surface area contributed by atoms with Gasteiger partial charge in [0.15, 0.2) is 6.10 Å². The van der Waals surface area contributed by atoms with Gasteiger partial charge in [0.2, 0.25) is 5.91 Å². The summed E-state index contributed by atoms with van der Waals surface area (Å²) in [5.41, 5.74) is 0. The molecule has 0 saturated carbocycles. The van der Waals surface area contributed by atoms with Crippen molar-refractivity contribution in [3.8, 4) is 0 Å². The van der Waals surface area contributed by atoms with E-state index in [-0.39, 0.29) is 24.9 Å². The van der Waals surface area contributed by atoms with Crippen LogP contribution in [0.5, 0.6) is 0 Å². The maximum Gasteiger partial charge on any atom is 0.415 e. The zero-order valence-corrected chi connectivity index (χ0v) is 12.3. The average Bonchev–Trinajstić information content (AvgIpc) is 2.85. The molecule has 2 heterocycles. The smallest absolute Gasteiger partial charge is 0.382 e. The Morgan fingerprint density at radius 2 is 1.95 bits per heavy atom. The summed E-state index contributed by atoms with van der Waals surface area (Å²) in [6.45, 7) is 3.07. The van der Waals surface area contributed by atoms with Crippen LogP contribution in [-0.2, 0) is 4.79 Å². The minimum absolute atomic E-state index is 0.0256. The van der Waals surface area contributed by atoms with Crippen LogP contribution in [0.2, 0.25) is 0 Å². The van der Waals surface area contributed by atoms with Crippen LogP contribution in [0.4, 0.5) is 13.2 Å². The van der Waals surface area contributed by atoms with Gasteiger partial charge < -0.3 is 10.0 Å². The molecule has 0 aromatic rings. The highest BCUT2D eigenvalue weighted by Crippen LogP contribution is 2.30. The summed E-state index contributed by atoms with van der Waals surface area (Å²) in [6.07, 6.45) is -3.15. The normalized spacial score (nSPS) is 29.7. The molecule has 122 valence electrons. The monoisotopic (exact) mass is 308 g/mol. The highest BCUT2D eigenvalue weighted by atomic mass is 19.4. The van der Waals surface area contributed by atoms with Crippen molar-refractivity contribution >= 4 is 5.91 Å². The number of halogens is 3. The lowest BCUT2D eigenvalue weighted by molar-refractivity contribution is -0.219.